The summed E-state index contributed by atoms with van der Waals surface area (Å²) in [5, 5.41) is 10.7. The smallest absolute Gasteiger partial charge is 0.338 e. The molecule has 0 radical (unpaired) electrons. The Morgan fingerprint density at radius 3 is 2.38 bits per heavy atom. The molecule has 5 rings (SSSR count). The number of carboxylic acid groups (broad SMARTS) is 1. The summed E-state index contributed by atoms with van der Waals surface area (Å²) in [6.45, 7) is 4.58. The number of ether oxygens (including phenoxy) is 1. The number of hydrogen-bond donors (Lipinski definition) is 2. The van der Waals surface area contributed by atoms with Gasteiger partial charge in [0.05, 0.1) is 18.4 Å². The Balaban J connectivity index is 1.50. The summed E-state index contributed by atoms with van der Waals surface area (Å²) >= 11 is 1.13. The van der Waals surface area contributed by atoms with Gasteiger partial charge in [0.2, 0.25) is 0 Å². The van der Waals surface area contributed by atoms with Crippen LogP contribution in [0.25, 0.3) is 21.7 Å². The van der Waals surface area contributed by atoms with Crippen LogP contribution >= 0.6 is 11.3 Å². The lowest BCUT2D eigenvalue weighted by Crippen LogP contribution is -2.20. The summed E-state index contributed by atoms with van der Waals surface area (Å²) in [5.74, 6) is -2.76. The molecule has 0 amide bonds. The monoisotopic (exact) mass is 612 g/mol. The minimum atomic E-state index is -4.30. The van der Waals surface area contributed by atoms with E-state index in [2.05, 4.69) is 35.7 Å². The lowest BCUT2D eigenvalue weighted by Gasteiger charge is -2.34. The van der Waals surface area contributed by atoms with Crippen molar-refractivity contribution < 1.29 is 31.8 Å². The molecular weight excluding hydrogens is 582 g/mol. The number of nitrogens with zero attached hydrogens (tertiary/aromatic N) is 1. The summed E-state index contributed by atoms with van der Waals surface area (Å²) in [5.41, 5.74) is 2.88. The molecule has 42 heavy (non-hydrogen) atoms. The first kappa shape index (κ1) is 29.7. The predicted octanol–water partition coefficient (Wildman–Crippen LogP) is 7.95. The number of aromatic nitrogens is 1. The highest BCUT2D eigenvalue weighted by Crippen LogP contribution is 2.44. The van der Waals surface area contributed by atoms with Crippen LogP contribution in [0.15, 0.2) is 65.0 Å². The third kappa shape index (κ3) is 6.17. The van der Waals surface area contributed by atoms with Crippen LogP contribution in [-0.4, -0.2) is 31.6 Å². The van der Waals surface area contributed by atoms with Crippen molar-refractivity contribution in [3.05, 3.63) is 82.7 Å². The third-order valence-corrected chi connectivity index (χ3v) is 10.0. The lowest BCUT2D eigenvalue weighted by molar-refractivity contribution is 0.0691. The molecule has 1 aliphatic rings. The van der Waals surface area contributed by atoms with Gasteiger partial charge in [-0.1, -0.05) is 44.2 Å². The van der Waals surface area contributed by atoms with Crippen LogP contribution in [0, 0.1) is 17.0 Å². The second-order valence-corrected chi connectivity index (χ2v) is 13.7. The van der Waals surface area contributed by atoms with Crippen molar-refractivity contribution in [2.75, 3.05) is 11.8 Å². The maximum atomic E-state index is 14.3. The van der Waals surface area contributed by atoms with E-state index >= 15 is 0 Å². The van der Waals surface area contributed by atoms with Gasteiger partial charge in [0.1, 0.15) is 22.4 Å². The number of rotatable bonds is 8. The first-order valence-corrected chi connectivity index (χ1v) is 15.7. The Morgan fingerprint density at radius 1 is 1.05 bits per heavy atom. The van der Waals surface area contributed by atoms with E-state index in [4.69, 9.17) is 9.84 Å². The molecule has 1 saturated carbocycles. The molecule has 3 aromatic carbocycles. The molecule has 4 aromatic rings. The zero-order chi connectivity index (χ0) is 30.2. The molecule has 1 aliphatic carbocycles. The minimum Gasteiger partial charge on any atom is -0.495 e. The van der Waals surface area contributed by atoms with Crippen LogP contribution in [0.3, 0.4) is 0 Å². The van der Waals surface area contributed by atoms with Gasteiger partial charge in [0, 0.05) is 17.0 Å². The molecule has 0 aliphatic heterocycles. The highest BCUT2D eigenvalue weighted by Gasteiger charge is 2.29. The molecule has 2 N–H and O–H groups in total. The van der Waals surface area contributed by atoms with Crippen LogP contribution in [0.5, 0.6) is 5.75 Å². The molecule has 0 atom stereocenters. The van der Waals surface area contributed by atoms with E-state index in [1.165, 1.54) is 30.2 Å². The number of anilines is 1. The average Bonchev–Trinajstić information content (AvgIpc) is 3.44. The second-order valence-electron chi connectivity index (χ2n) is 11.2. The second kappa shape index (κ2) is 11.4. The Hall–Kier alpha value is -3.83. The van der Waals surface area contributed by atoms with E-state index < -0.39 is 27.4 Å². The Bertz CT molecular complexity index is 1740. The summed E-state index contributed by atoms with van der Waals surface area (Å²) < 4.78 is 62.0. The topological polar surface area (TPSA) is 106 Å². The molecule has 1 fully saturated rings. The maximum absolute atomic E-state index is 14.3. The fourth-order valence-corrected chi connectivity index (χ4v) is 7.47. The highest BCUT2D eigenvalue weighted by atomic mass is 32.2. The van der Waals surface area contributed by atoms with E-state index in [9.17, 15) is 22.0 Å². The van der Waals surface area contributed by atoms with Crippen molar-refractivity contribution in [1.82, 2.24) is 4.98 Å². The zero-order valence-corrected chi connectivity index (χ0v) is 24.9. The van der Waals surface area contributed by atoms with E-state index in [1.807, 2.05) is 6.07 Å². The molecule has 0 saturated heterocycles. The number of halogens is 2. The maximum Gasteiger partial charge on any atom is 0.338 e. The van der Waals surface area contributed by atoms with E-state index in [1.54, 1.807) is 12.1 Å². The Kier molecular flexibility index (Phi) is 8.08. The van der Waals surface area contributed by atoms with Gasteiger partial charge < -0.3 is 9.84 Å². The number of aromatic carboxylic acids is 1. The largest absolute Gasteiger partial charge is 0.495 e. The fourth-order valence-electron chi connectivity index (χ4n) is 5.27. The van der Waals surface area contributed by atoms with Crippen LogP contribution in [0.1, 0.15) is 61.4 Å². The van der Waals surface area contributed by atoms with Gasteiger partial charge >= 0.3 is 5.97 Å². The molecule has 0 spiro atoms. The summed E-state index contributed by atoms with van der Waals surface area (Å²) in [6.07, 6.45) is 4.38. The highest BCUT2D eigenvalue weighted by molar-refractivity contribution is 7.92. The molecule has 7 nitrogen and oxygen atoms in total. The van der Waals surface area contributed by atoms with Crippen molar-refractivity contribution in [2.45, 2.75) is 50.5 Å². The van der Waals surface area contributed by atoms with Gasteiger partial charge in [-0.15, -0.1) is 11.3 Å². The third-order valence-electron chi connectivity index (χ3n) is 7.76. The number of carbonyl (C=O) groups is 1. The van der Waals surface area contributed by atoms with Gasteiger partial charge in [-0.2, -0.15) is 8.42 Å². The lowest BCUT2D eigenvalue weighted by atomic mass is 9.71. The van der Waals surface area contributed by atoms with E-state index in [0.29, 0.717) is 21.9 Å². The van der Waals surface area contributed by atoms with Crippen LogP contribution in [0.2, 0.25) is 0 Å². The van der Waals surface area contributed by atoms with Crippen molar-refractivity contribution in [3.63, 3.8) is 0 Å². The number of carboxylic acids is 1. The molecule has 1 heterocycles. The van der Waals surface area contributed by atoms with Gasteiger partial charge in [-0.3, -0.25) is 4.72 Å². The van der Waals surface area contributed by atoms with E-state index in [-0.39, 0.29) is 22.3 Å². The van der Waals surface area contributed by atoms with Gasteiger partial charge in [-0.05, 0) is 71.9 Å². The fraction of sp³-hybridized carbons (Fsp3) is 0.290. The van der Waals surface area contributed by atoms with Gasteiger partial charge in [0.15, 0.2) is 5.03 Å². The molecule has 0 bridgehead atoms. The van der Waals surface area contributed by atoms with Crippen LogP contribution in [-0.2, 0) is 10.0 Å². The number of sulfonamides is 1. The number of nitrogens with one attached hydrogen (secondary N) is 1. The SMILES string of the molecule is COc1cc(C(=O)O)c(F)cc1NS(=O)(=O)c1csc(-c2ccc(C3CCC(C)(C)CC3)cc2-c2ccc(F)cc2)n1. The summed E-state index contributed by atoms with van der Waals surface area (Å²) in [7, 11) is -3.08. The van der Waals surface area contributed by atoms with Gasteiger partial charge in [-0.25, -0.2) is 18.6 Å². The first-order valence-electron chi connectivity index (χ1n) is 13.4. The van der Waals surface area contributed by atoms with Crippen molar-refractivity contribution in [1.29, 1.82) is 0 Å². The molecular formula is C31H30F2N2O5S2. The van der Waals surface area contributed by atoms with Crippen LogP contribution < -0.4 is 9.46 Å². The number of hydrogen-bond acceptors (Lipinski definition) is 6. The molecule has 1 aromatic heterocycles. The Labute approximate surface area is 247 Å². The molecule has 0 unspecified atom stereocenters. The Morgan fingerprint density at radius 2 is 1.74 bits per heavy atom. The van der Waals surface area contributed by atoms with E-state index in [0.717, 1.165) is 60.3 Å². The molecule has 220 valence electrons. The number of thiazole rings is 1. The number of benzene rings is 3. The standard InChI is InChI=1S/C31H30F2N2O5S2/c1-31(2)12-10-18(11-13-31)20-6-9-22(23(14-20)19-4-7-21(32)8-5-19)29-34-28(17-41-29)42(38,39)35-26-16-25(33)24(30(36)37)15-27(26)40-3/h4-9,14-18,35H,10-13H2,1-3H3,(H,36,37). The van der Waals surface area contributed by atoms with Crippen LogP contribution in [0.4, 0.5) is 14.5 Å². The number of methoxy groups -OCH3 is 1. The quantitative estimate of drug-likeness (QED) is 0.209. The van der Waals surface area contributed by atoms with Crippen molar-refractivity contribution in [3.8, 4) is 27.4 Å². The predicted molar refractivity (Wildman–Crippen MR) is 159 cm³/mol. The average molecular weight is 613 g/mol. The molecule has 11 heteroatoms. The normalized spacial score (nSPS) is 15.4. The first-order chi connectivity index (χ1) is 19.9. The zero-order valence-electron chi connectivity index (χ0n) is 23.3. The van der Waals surface area contributed by atoms with Crippen molar-refractivity contribution >= 4 is 33.0 Å². The summed E-state index contributed by atoms with van der Waals surface area (Å²) in [6, 6.07) is 13.9. The summed E-state index contributed by atoms with van der Waals surface area (Å²) in [4.78, 5) is 15.7. The van der Waals surface area contributed by atoms with Gasteiger partial charge in [0.25, 0.3) is 10.0 Å². The minimum absolute atomic E-state index is 0.159. The van der Waals surface area contributed by atoms with Crippen molar-refractivity contribution in [2.24, 2.45) is 5.41 Å².